The van der Waals surface area contributed by atoms with E-state index in [2.05, 4.69) is 23.6 Å². The second-order valence-electron chi connectivity index (χ2n) is 10.2. The third-order valence-electron chi connectivity index (χ3n) is 7.65. The van der Waals surface area contributed by atoms with Crippen LogP contribution in [0.25, 0.3) is 11.7 Å². The summed E-state index contributed by atoms with van der Waals surface area (Å²) in [5.41, 5.74) is 1.68. The fourth-order valence-corrected chi connectivity index (χ4v) is 6.51. The number of carbonyl (C=O) groups is 1. The second kappa shape index (κ2) is 12.5. The predicted octanol–water partition coefficient (Wildman–Crippen LogP) is 5.58. The lowest BCUT2D eigenvalue weighted by atomic mass is 9.99. The summed E-state index contributed by atoms with van der Waals surface area (Å²) in [6.07, 6.45) is 7.67. The number of nitrogens with zero attached hydrogens (tertiary/aromatic N) is 5. The van der Waals surface area contributed by atoms with Crippen LogP contribution in [0.2, 0.25) is 0 Å². The molecule has 7 nitrogen and oxygen atoms in total. The molecule has 1 unspecified atom stereocenters. The number of halogens is 1. The van der Waals surface area contributed by atoms with Gasteiger partial charge in [0.25, 0.3) is 11.5 Å². The summed E-state index contributed by atoms with van der Waals surface area (Å²) in [5.74, 6) is 0.552. The number of hydrogen-bond acceptors (Lipinski definition) is 7. The van der Waals surface area contributed by atoms with Gasteiger partial charge in [-0.3, -0.25) is 18.9 Å². The standard InChI is InChI=1S/C30H34FN5O2S2/c1-3-5-8-21(4-2)20-36-29(38)25(40-30(36)39)19-24-27(32-26-9-6-7-14-35(26)28(24)37)34-17-15-33(16-18-34)23-12-10-22(31)11-13-23/h6-7,9-14,19,21H,3-5,8,15-18,20H2,1-2H3/b25-19+. The van der Waals surface area contributed by atoms with Crippen molar-refractivity contribution in [2.24, 2.45) is 5.92 Å². The Morgan fingerprint density at radius 1 is 1.05 bits per heavy atom. The highest BCUT2D eigenvalue weighted by Gasteiger charge is 2.34. The van der Waals surface area contributed by atoms with Gasteiger partial charge in [-0.25, -0.2) is 9.37 Å². The molecule has 10 heteroatoms. The zero-order chi connectivity index (χ0) is 28.2. The van der Waals surface area contributed by atoms with Crippen LogP contribution in [0.15, 0.2) is 58.4 Å². The molecule has 2 aliphatic heterocycles. The molecule has 210 valence electrons. The van der Waals surface area contributed by atoms with Gasteiger partial charge in [0.05, 0.1) is 10.5 Å². The molecule has 0 saturated carbocycles. The molecule has 3 aromatic rings. The topological polar surface area (TPSA) is 61.2 Å². The summed E-state index contributed by atoms with van der Waals surface area (Å²) in [6.45, 7) is 7.57. The Balaban J connectivity index is 1.44. The van der Waals surface area contributed by atoms with Gasteiger partial charge in [0.2, 0.25) is 0 Å². The van der Waals surface area contributed by atoms with E-state index in [9.17, 15) is 14.0 Å². The number of amides is 1. The van der Waals surface area contributed by atoms with Crippen LogP contribution in [0.5, 0.6) is 0 Å². The van der Waals surface area contributed by atoms with Gasteiger partial charge in [-0.2, -0.15) is 0 Å². The van der Waals surface area contributed by atoms with Gasteiger partial charge >= 0.3 is 0 Å². The fraction of sp³-hybridized carbons (Fsp3) is 0.400. The lowest BCUT2D eigenvalue weighted by Crippen LogP contribution is -2.47. The van der Waals surface area contributed by atoms with Gasteiger partial charge in [-0.05, 0) is 54.8 Å². The van der Waals surface area contributed by atoms with Crippen LogP contribution >= 0.6 is 24.0 Å². The Labute approximate surface area is 243 Å². The van der Waals surface area contributed by atoms with Crippen molar-refractivity contribution in [1.29, 1.82) is 0 Å². The number of benzene rings is 1. The molecule has 2 fully saturated rings. The minimum absolute atomic E-state index is 0.144. The van der Waals surface area contributed by atoms with E-state index in [0.29, 0.717) is 64.9 Å². The van der Waals surface area contributed by atoms with Crippen molar-refractivity contribution in [1.82, 2.24) is 14.3 Å². The molecule has 0 spiro atoms. The van der Waals surface area contributed by atoms with Gasteiger partial charge in [-0.1, -0.05) is 63.2 Å². The van der Waals surface area contributed by atoms with Crippen molar-refractivity contribution in [2.75, 3.05) is 42.5 Å². The van der Waals surface area contributed by atoms with E-state index in [1.807, 2.05) is 12.1 Å². The highest BCUT2D eigenvalue weighted by molar-refractivity contribution is 8.26. The maximum atomic E-state index is 13.7. The van der Waals surface area contributed by atoms with Gasteiger partial charge in [-0.15, -0.1) is 0 Å². The van der Waals surface area contributed by atoms with Crippen molar-refractivity contribution in [3.8, 4) is 0 Å². The Bertz CT molecular complexity index is 1480. The summed E-state index contributed by atoms with van der Waals surface area (Å²) in [4.78, 5) is 38.6. The summed E-state index contributed by atoms with van der Waals surface area (Å²) in [6, 6.07) is 12.0. The van der Waals surface area contributed by atoms with Crippen LogP contribution in [0.4, 0.5) is 15.9 Å². The third kappa shape index (κ3) is 5.93. The Hall–Kier alpha value is -3.24. The molecule has 1 amide bonds. The summed E-state index contributed by atoms with van der Waals surface area (Å²) >= 11 is 6.87. The minimum atomic E-state index is -0.260. The number of unbranched alkanes of at least 4 members (excludes halogenated alkanes) is 1. The quantitative estimate of drug-likeness (QED) is 0.242. The number of fused-ring (bicyclic) bond motifs is 1. The number of rotatable bonds is 9. The van der Waals surface area contributed by atoms with E-state index in [-0.39, 0.29) is 17.3 Å². The van der Waals surface area contributed by atoms with Crippen LogP contribution in [0, 0.1) is 11.7 Å². The number of piperazine rings is 1. The number of aromatic nitrogens is 2. The molecule has 2 aliphatic rings. The summed E-state index contributed by atoms with van der Waals surface area (Å²) in [5, 5.41) is 0. The van der Waals surface area contributed by atoms with Crippen LogP contribution in [0.3, 0.4) is 0 Å². The molecule has 0 bridgehead atoms. The first-order valence-corrected chi connectivity index (χ1v) is 15.1. The molecule has 1 aromatic carbocycles. The van der Waals surface area contributed by atoms with Crippen molar-refractivity contribution < 1.29 is 9.18 Å². The van der Waals surface area contributed by atoms with E-state index in [1.54, 1.807) is 35.4 Å². The van der Waals surface area contributed by atoms with Crippen LogP contribution in [-0.2, 0) is 4.79 Å². The first kappa shape index (κ1) is 28.3. The minimum Gasteiger partial charge on any atom is -0.368 e. The second-order valence-corrected chi connectivity index (χ2v) is 11.9. The molecule has 5 rings (SSSR count). The molecular weight excluding hydrogens is 545 g/mol. The number of thiocarbonyl (C=S) groups is 1. The molecule has 2 saturated heterocycles. The average Bonchev–Trinajstić information content (AvgIpc) is 3.24. The van der Waals surface area contributed by atoms with Crippen molar-refractivity contribution in [2.45, 2.75) is 39.5 Å². The smallest absolute Gasteiger partial charge is 0.267 e. The van der Waals surface area contributed by atoms with Gasteiger partial charge in [0.15, 0.2) is 0 Å². The maximum absolute atomic E-state index is 13.7. The first-order chi connectivity index (χ1) is 19.4. The maximum Gasteiger partial charge on any atom is 0.267 e. The normalized spacial score (nSPS) is 17.9. The van der Waals surface area contributed by atoms with E-state index in [0.717, 1.165) is 31.4 Å². The van der Waals surface area contributed by atoms with Crippen LogP contribution < -0.4 is 15.4 Å². The summed E-state index contributed by atoms with van der Waals surface area (Å²) < 4.78 is 15.5. The Kier molecular flexibility index (Phi) is 8.85. The number of pyridine rings is 1. The lowest BCUT2D eigenvalue weighted by molar-refractivity contribution is -0.122. The molecule has 4 heterocycles. The largest absolute Gasteiger partial charge is 0.368 e. The average molecular weight is 580 g/mol. The number of anilines is 2. The van der Waals surface area contributed by atoms with Crippen LogP contribution in [-0.4, -0.2) is 57.2 Å². The number of carbonyl (C=O) groups excluding carboxylic acids is 1. The zero-order valence-electron chi connectivity index (χ0n) is 22.9. The number of hydrogen-bond donors (Lipinski definition) is 0. The van der Waals surface area contributed by atoms with E-state index in [4.69, 9.17) is 17.2 Å². The molecule has 0 radical (unpaired) electrons. The lowest BCUT2D eigenvalue weighted by Gasteiger charge is -2.37. The monoisotopic (exact) mass is 579 g/mol. The van der Waals surface area contributed by atoms with Gasteiger partial charge in [0, 0.05) is 44.6 Å². The predicted molar refractivity (Wildman–Crippen MR) is 165 cm³/mol. The van der Waals surface area contributed by atoms with Gasteiger partial charge < -0.3 is 9.80 Å². The van der Waals surface area contributed by atoms with E-state index in [1.165, 1.54) is 28.3 Å². The summed E-state index contributed by atoms with van der Waals surface area (Å²) in [7, 11) is 0. The van der Waals surface area contributed by atoms with Crippen LogP contribution in [0.1, 0.15) is 45.1 Å². The molecular formula is C30H34FN5O2S2. The molecule has 0 N–H and O–H groups in total. The van der Waals surface area contributed by atoms with Crippen molar-refractivity contribution in [3.05, 3.63) is 75.3 Å². The van der Waals surface area contributed by atoms with Crippen molar-refractivity contribution in [3.63, 3.8) is 0 Å². The molecule has 0 aliphatic carbocycles. The van der Waals surface area contributed by atoms with E-state index < -0.39 is 0 Å². The fourth-order valence-electron chi connectivity index (χ4n) is 5.25. The Morgan fingerprint density at radius 3 is 2.48 bits per heavy atom. The zero-order valence-corrected chi connectivity index (χ0v) is 24.5. The van der Waals surface area contributed by atoms with Gasteiger partial charge in [0.1, 0.15) is 21.6 Å². The highest BCUT2D eigenvalue weighted by atomic mass is 32.2. The molecule has 40 heavy (non-hydrogen) atoms. The molecule has 1 atom stereocenters. The first-order valence-electron chi connectivity index (χ1n) is 13.9. The SMILES string of the molecule is CCCCC(CC)CN1C(=O)/C(=C\c2c(N3CCN(c4ccc(F)cc4)CC3)nc3ccccn3c2=O)SC1=S. The third-order valence-corrected chi connectivity index (χ3v) is 9.03. The highest BCUT2D eigenvalue weighted by Crippen LogP contribution is 2.35. The number of thioether (sulfide) groups is 1. The Morgan fingerprint density at radius 2 is 1.77 bits per heavy atom. The van der Waals surface area contributed by atoms with Crippen molar-refractivity contribution >= 4 is 57.4 Å². The molecule has 2 aromatic heterocycles. The van der Waals surface area contributed by atoms with E-state index >= 15 is 0 Å².